The van der Waals surface area contributed by atoms with Gasteiger partial charge in [-0.1, -0.05) is 25.2 Å². The van der Waals surface area contributed by atoms with Crippen LogP contribution in [0.15, 0.2) is 42.6 Å². The molecule has 2 aromatic rings. The first-order valence-corrected chi connectivity index (χ1v) is 6.52. The molecule has 1 aromatic carbocycles. The molecule has 0 aliphatic carbocycles. The van der Waals surface area contributed by atoms with Crippen molar-refractivity contribution in [3.05, 3.63) is 52.8 Å². The molecular weight excluding hydrogens is 256 g/mol. The van der Waals surface area contributed by atoms with Crippen LogP contribution in [0.5, 0.6) is 5.75 Å². The van der Waals surface area contributed by atoms with Crippen molar-refractivity contribution in [3.63, 3.8) is 0 Å². The van der Waals surface area contributed by atoms with Gasteiger partial charge in [0, 0.05) is 12.3 Å². The van der Waals surface area contributed by atoms with E-state index in [2.05, 4.69) is 13.0 Å². The average Bonchev–Trinajstić information content (AvgIpc) is 2.45. The number of nitriles is 1. The molecule has 0 saturated heterocycles. The lowest BCUT2D eigenvalue weighted by molar-refractivity contribution is 0.317. The summed E-state index contributed by atoms with van der Waals surface area (Å²) in [5, 5.41) is 9.01. The summed E-state index contributed by atoms with van der Waals surface area (Å²) in [6.45, 7) is 2.75. The zero-order valence-electron chi connectivity index (χ0n) is 10.7. The summed E-state index contributed by atoms with van der Waals surface area (Å²) in [6, 6.07) is 13.3. The lowest BCUT2D eigenvalue weighted by Gasteiger charge is -2.10. The highest BCUT2D eigenvalue weighted by molar-refractivity contribution is 7.71. The first-order valence-electron chi connectivity index (χ1n) is 6.11. The lowest BCUT2D eigenvalue weighted by Crippen LogP contribution is -2.00. The fourth-order valence-electron chi connectivity index (χ4n) is 1.73. The van der Waals surface area contributed by atoms with E-state index in [0.29, 0.717) is 16.8 Å². The van der Waals surface area contributed by atoms with Crippen LogP contribution in [0.2, 0.25) is 0 Å². The van der Waals surface area contributed by atoms with Crippen molar-refractivity contribution in [1.29, 1.82) is 5.26 Å². The van der Waals surface area contributed by atoms with Gasteiger partial charge in [-0.2, -0.15) is 5.26 Å². The van der Waals surface area contributed by atoms with E-state index in [1.807, 2.05) is 41.1 Å². The van der Waals surface area contributed by atoms with Gasteiger partial charge in [-0.25, -0.2) is 0 Å². The van der Waals surface area contributed by atoms with E-state index in [4.69, 9.17) is 22.2 Å². The number of benzene rings is 1. The van der Waals surface area contributed by atoms with Crippen molar-refractivity contribution in [1.82, 2.24) is 4.57 Å². The maximum absolute atomic E-state index is 9.01. The molecule has 4 heteroatoms. The Hall–Kier alpha value is -2.12. The molecule has 0 aliphatic heterocycles. The smallest absolute Gasteiger partial charge is 0.128 e. The molecule has 2 rings (SSSR count). The molecule has 0 amide bonds. The van der Waals surface area contributed by atoms with E-state index in [0.717, 1.165) is 17.9 Å². The minimum atomic E-state index is 0.498. The Morgan fingerprint density at radius 1 is 1.32 bits per heavy atom. The van der Waals surface area contributed by atoms with Crippen LogP contribution >= 0.6 is 12.2 Å². The second-order valence-electron chi connectivity index (χ2n) is 4.05. The molecule has 0 bridgehead atoms. The van der Waals surface area contributed by atoms with Gasteiger partial charge in [0.2, 0.25) is 0 Å². The van der Waals surface area contributed by atoms with Crippen LogP contribution in [0.1, 0.15) is 18.9 Å². The average molecular weight is 270 g/mol. The third-order valence-corrected chi connectivity index (χ3v) is 3.05. The summed E-state index contributed by atoms with van der Waals surface area (Å²) in [6.07, 6.45) is 2.82. The summed E-state index contributed by atoms with van der Waals surface area (Å²) in [7, 11) is 0. The van der Waals surface area contributed by atoms with Crippen LogP contribution in [0, 0.1) is 16.0 Å². The quantitative estimate of drug-likeness (QED) is 0.792. The first kappa shape index (κ1) is 13.3. The number of nitrogens with zero attached hydrogens (tertiary/aromatic N) is 2. The van der Waals surface area contributed by atoms with E-state index in [1.54, 1.807) is 6.07 Å². The van der Waals surface area contributed by atoms with Crippen molar-refractivity contribution in [2.75, 3.05) is 6.61 Å². The van der Waals surface area contributed by atoms with Crippen LogP contribution in [0.4, 0.5) is 0 Å². The highest BCUT2D eigenvalue weighted by Gasteiger charge is 2.02. The van der Waals surface area contributed by atoms with Crippen molar-refractivity contribution in [3.8, 4) is 17.5 Å². The van der Waals surface area contributed by atoms with Gasteiger partial charge >= 0.3 is 0 Å². The maximum Gasteiger partial charge on any atom is 0.128 e. The van der Waals surface area contributed by atoms with Gasteiger partial charge in [0.05, 0.1) is 17.9 Å². The molecule has 0 atom stereocenters. The largest absolute Gasteiger partial charge is 0.494 e. The molecule has 3 nitrogen and oxygen atoms in total. The Kier molecular flexibility index (Phi) is 4.32. The Bertz CT molecular complexity index is 670. The van der Waals surface area contributed by atoms with Gasteiger partial charge in [0.1, 0.15) is 16.5 Å². The van der Waals surface area contributed by atoms with Crippen LogP contribution in [-0.4, -0.2) is 11.2 Å². The number of hydrogen-bond acceptors (Lipinski definition) is 3. The number of hydrogen-bond donors (Lipinski definition) is 0. The summed E-state index contributed by atoms with van der Waals surface area (Å²) < 4.78 is 7.93. The van der Waals surface area contributed by atoms with Gasteiger partial charge in [-0.05, 0) is 30.7 Å². The predicted molar refractivity (Wildman–Crippen MR) is 77.1 cm³/mol. The lowest BCUT2D eigenvalue weighted by atomic mass is 10.2. The SMILES string of the molecule is CCCOc1cccc(-n2cccc(C#N)c2=S)c1. The number of ether oxygens (including phenoxy) is 1. The molecule has 0 spiro atoms. The molecular formula is C15H14N2OS. The second kappa shape index (κ2) is 6.17. The molecule has 0 aliphatic rings. The highest BCUT2D eigenvalue weighted by Crippen LogP contribution is 2.18. The number of rotatable bonds is 4. The molecule has 0 fully saturated rings. The van der Waals surface area contributed by atoms with Gasteiger partial charge < -0.3 is 9.30 Å². The van der Waals surface area contributed by atoms with Crippen LogP contribution in [-0.2, 0) is 0 Å². The number of aromatic nitrogens is 1. The van der Waals surface area contributed by atoms with Crippen molar-refractivity contribution < 1.29 is 4.74 Å². The van der Waals surface area contributed by atoms with Gasteiger partial charge in [-0.15, -0.1) is 0 Å². The van der Waals surface area contributed by atoms with E-state index < -0.39 is 0 Å². The van der Waals surface area contributed by atoms with E-state index in [-0.39, 0.29) is 0 Å². The second-order valence-corrected chi connectivity index (χ2v) is 4.44. The molecule has 0 saturated carbocycles. The maximum atomic E-state index is 9.01. The van der Waals surface area contributed by atoms with Gasteiger partial charge in [0.15, 0.2) is 0 Å². The standard InChI is InChI=1S/C15H14N2OS/c1-2-9-18-14-7-3-6-13(10-14)17-8-4-5-12(11-16)15(17)19/h3-8,10H,2,9H2,1H3. The molecule has 96 valence electrons. The third kappa shape index (κ3) is 3.01. The summed E-state index contributed by atoms with van der Waals surface area (Å²) >= 11 is 5.30. The van der Waals surface area contributed by atoms with E-state index in [1.165, 1.54) is 0 Å². The topological polar surface area (TPSA) is 38.0 Å². The fourth-order valence-corrected chi connectivity index (χ4v) is 2.01. The minimum Gasteiger partial charge on any atom is -0.494 e. The predicted octanol–water partition coefficient (Wildman–Crippen LogP) is 3.87. The molecule has 19 heavy (non-hydrogen) atoms. The van der Waals surface area contributed by atoms with Gasteiger partial charge in [-0.3, -0.25) is 0 Å². The van der Waals surface area contributed by atoms with Crippen molar-refractivity contribution in [2.24, 2.45) is 0 Å². The Balaban J connectivity index is 2.43. The van der Waals surface area contributed by atoms with Gasteiger partial charge in [0.25, 0.3) is 0 Å². The van der Waals surface area contributed by atoms with Crippen LogP contribution in [0.25, 0.3) is 5.69 Å². The molecule has 1 aromatic heterocycles. The fraction of sp³-hybridized carbons (Fsp3) is 0.200. The Morgan fingerprint density at radius 3 is 2.89 bits per heavy atom. The molecule has 0 unspecified atom stereocenters. The summed E-state index contributed by atoms with van der Waals surface area (Å²) in [5.41, 5.74) is 1.40. The zero-order valence-corrected chi connectivity index (χ0v) is 11.5. The Labute approximate surface area is 117 Å². The molecule has 0 N–H and O–H groups in total. The third-order valence-electron chi connectivity index (χ3n) is 2.64. The zero-order chi connectivity index (χ0) is 13.7. The van der Waals surface area contributed by atoms with Crippen molar-refractivity contribution in [2.45, 2.75) is 13.3 Å². The summed E-state index contributed by atoms with van der Waals surface area (Å²) in [5.74, 6) is 0.809. The number of pyridine rings is 1. The summed E-state index contributed by atoms with van der Waals surface area (Å²) in [4.78, 5) is 0. The van der Waals surface area contributed by atoms with Crippen molar-refractivity contribution >= 4 is 12.2 Å². The van der Waals surface area contributed by atoms with Crippen LogP contribution in [0.3, 0.4) is 0 Å². The van der Waals surface area contributed by atoms with Crippen LogP contribution < -0.4 is 4.74 Å². The molecule has 1 heterocycles. The normalized spacial score (nSPS) is 9.89. The van der Waals surface area contributed by atoms with E-state index in [9.17, 15) is 0 Å². The highest BCUT2D eigenvalue weighted by atomic mass is 32.1. The van der Waals surface area contributed by atoms with E-state index >= 15 is 0 Å². The minimum absolute atomic E-state index is 0.498. The molecule has 0 radical (unpaired) electrons. The Morgan fingerprint density at radius 2 is 2.16 bits per heavy atom. The first-order chi connectivity index (χ1) is 9.26. The monoisotopic (exact) mass is 270 g/mol.